The summed E-state index contributed by atoms with van der Waals surface area (Å²) >= 11 is 0. The van der Waals surface area contributed by atoms with Gasteiger partial charge in [-0.25, -0.2) is 4.79 Å². The number of fused-ring (bicyclic) bond motifs is 1. The molecule has 1 aliphatic rings. The Balaban J connectivity index is 1.65. The summed E-state index contributed by atoms with van der Waals surface area (Å²) in [5, 5.41) is 2.42. The summed E-state index contributed by atoms with van der Waals surface area (Å²) in [5.41, 5.74) is 3.11. The van der Waals surface area contributed by atoms with Crippen molar-refractivity contribution in [1.29, 1.82) is 0 Å². The summed E-state index contributed by atoms with van der Waals surface area (Å²) in [5.74, 6) is 1.21. The van der Waals surface area contributed by atoms with Gasteiger partial charge >= 0.3 is 5.97 Å². The Bertz CT molecular complexity index is 1060. The fraction of sp³-hybridized carbons (Fsp3) is 0.321. The lowest BCUT2D eigenvalue weighted by Gasteiger charge is -2.22. The van der Waals surface area contributed by atoms with Gasteiger partial charge in [0.2, 0.25) is 0 Å². The van der Waals surface area contributed by atoms with E-state index in [9.17, 15) is 4.79 Å². The van der Waals surface area contributed by atoms with E-state index in [1.54, 1.807) is 6.08 Å². The molecule has 4 rings (SSSR count). The molecule has 0 amide bonds. The zero-order chi connectivity index (χ0) is 21.5. The van der Waals surface area contributed by atoms with Crippen LogP contribution in [0.3, 0.4) is 0 Å². The number of ether oxygens (including phenoxy) is 2. The summed E-state index contributed by atoms with van der Waals surface area (Å²) < 4.78 is 11.4. The van der Waals surface area contributed by atoms with Crippen LogP contribution in [-0.4, -0.2) is 19.2 Å². The predicted molar refractivity (Wildman–Crippen MR) is 127 cm³/mol. The van der Waals surface area contributed by atoms with Gasteiger partial charge < -0.3 is 9.47 Å². The first-order valence-corrected chi connectivity index (χ1v) is 11.3. The second-order valence-electron chi connectivity index (χ2n) is 8.22. The summed E-state index contributed by atoms with van der Waals surface area (Å²) in [4.78, 5) is 11.7. The molecular weight excluding hydrogens is 384 g/mol. The molecule has 0 heterocycles. The second kappa shape index (κ2) is 10.3. The maximum absolute atomic E-state index is 11.7. The van der Waals surface area contributed by atoms with Crippen molar-refractivity contribution in [2.75, 3.05) is 13.2 Å². The Hall–Kier alpha value is -3.07. The first-order valence-electron chi connectivity index (χ1n) is 11.3. The van der Waals surface area contributed by atoms with Crippen molar-refractivity contribution >= 4 is 22.8 Å². The van der Waals surface area contributed by atoms with E-state index in [-0.39, 0.29) is 5.97 Å². The zero-order valence-corrected chi connectivity index (χ0v) is 18.2. The summed E-state index contributed by atoms with van der Waals surface area (Å²) in [6, 6.07) is 21.0. The Morgan fingerprint density at radius 2 is 1.77 bits per heavy atom. The third-order valence-corrected chi connectivity index (χ3v) is 5.96. The average molecular weight is 415 g/mol. The van der Waals surface area contributed by atoms with Crippen LogP contribution in [0.15, 0.2) is 66.7 Å². The van der Waals surface area contributed by atoms with Crippen LogP contribution < -0.4 is 4.74 Å². The van der Waals surface area contributed by atoms with Crippen molar-refractivity contribution in [3.05, 3.63) is 72.3 Å². The van der Waals surface area contributed by atoms with Crippen molar-refractivity contribution in [1.82, 2.24) is 0 Å². The molecule has 0 unspecified atom stereocenters. The van der Waals surface area contributed by atoms with E-state index in [1.807, 2.05) is 19.1 Å². The normalized spacial score (nSPS) is 14.7. The van der Waals surface area contributed by atoms with Crippen LogP contribution in [0.1, 0.15) is 44.6 Å². The molecule has 3 heteroatoms. The Morgan fingerprint density at radius 1 is 0.968 bits per heavy atom. The summed E-state index contributed by atoms with van der Waals surface area (Å²) in [7, 11) is 0. The number of carbonyl (C=O) groups is 1. The molecule has 1 saturated carbocycles. The van der Waals surface area contributed by atoms with Crippen LogP contribution in [0.4, 0.5) is 0 Å². The minimum absolute atomic E-state index is 0.326. The molecule has 0 atom stereocenters. The van der Waals surface area contributed by atoms with Crippen LogP contribution in [-0.2, 0) is 9.53 Å². The lowest BCUT2D eigenvalue weighted by Crippen LogP contribution is -2.15. The van der Waals surface area contributed by atoms with E-state index < -0.39 is 0 Å². The van der Waals surface area contributed by atoms with Crippen molar-refractivity contribution in [2.45, 2.75) is 39.0 Å². The van der Waals surface area contributed by atoms with Crippen LogP contribution in [0.25, 0.3) is 28.0 Å². The van der Waals surface area contributed by atoms with Crippen molar-refractivity contribution in [3.63, 3.8) is 0 Å². The Labute approximate surface area is 184 Å². The molecular formula is C28H30O3. The highest BCUT2D eigenvalue weighted by atomic mass is 16.5. The maximum Gasteiger partial charge on any atom is 0.330 e. The number of hydrogen-bond donors (Lipinski definition) is 0. The number of carbonyl (C=O) groups excluding carboxylic acids is 1. The minimum atomic E-state index is -0.326. The average Bonchev–Trinajstić information content (AvgIpc) is 2.82. The van der Waals surface area contributed by atoms with Gasteiger partial charge in [-0.05, 0) is 71.9 Å². The highest BCUT2D eigenvalue weighted by Gasteiger charge is 2.16. The molecule has 3 aromatic carbocycles. The van der Waals surface area contributed by atoms with Crippen molar-refractivity contribution in [3.8, 4) is 16.9 Å². The van der Waals surface area contributed by atoms with Gasteiger partial charge in [0.05, 0.1) is 13.2 Å². The molecule has 0 saturated heterocycles. The van der Waals surface area contributed by atoms with Crippen LogP contribution >= 0.6 is 0 Å². The first kappa shape index (κ1) is 21.2. The quantitative estimate of drug-likeness (QED) is 0.307. The van der Waals surface area contributed by atoms with Gasteiger partial charge in [-0.2, -0.15) is 0 Å². The number of benzene rings is 3. The number of rotatable bonds is 7. The molecule has 160 valence electrons. The Morgan fingerprint density at radius 3 is 2.58 bits per heavy atom. The molecule has 3 aromatic rings. The molecule has 0 bridgehead atoms. The van der Waals surface area contributed by atoms with E-state index in [0.29, 0.717) is 12.5 Å². The molecule has 0 spiro atoms. The SMILES string of the molecule is CCOC(=O)C=Cc1ccc(OCC2CCCCC2)c(-c2ccc3ccccc3c2)c1. The fourth-order valence-corrected chi connectivity index (χ4v) is 4.28. The van der Waals surface area contributed by atoms with E-state index in [4.69, 9.17) is 9.47 Å². The lowest BCUT2D eigenvalue weighted by atomic mass is 9.90. The van der Waals surface area contributed by atoms with Gasteiger partial charge in [0, 0.05) is 11.6 Å². The zero-order valence-electron chi connectivity index (χ0n) is 18.2. The minimum Gasteiger partial charge on any atom is -0.493 e. The molecule has 1 aliphatic carbocycles. The third-order valence-electron chi connectivity index (χ3n) is 5.96. The predicted octanol–water partition coefficient (Wildman–Crippen LogP) is 7.04. The molecule has 0 N–H and O–H groups in total. The fourth-order valence-electron chi connectivity index (χ4n) is 4.28. The molecule has 0 aliphatic heterocycles. The second-order valence-corrected chi connectivity index (χ2v) is 8.22. The molecule has 3 nitrogen and oxygen atoms in total. The van der Waals surface area contributed by atoms with Crippen LogP contribution in [0, 0.1) is 5.92 Å². The molecule has 0 radical (unpaired) electrons. The van der Waals surface area contributed by atoms with Crippen molar-refractivity contribution in [2.24, 2.45) is 5.92 Å². The Kier molecular flexibility index (Phi) is 7.03. The smallest absolute Gasteiger partial charge is 0.330 e. The third kappa shape index (κ3) is 5.55. The maximum atomic E-state index is 11.7. The van der Waals surface area contributed by atoms with Crippen LogP contribution in [0.2, 0.25) is 0 Å². The van der Waals surface area contributed by atoms with Gasteiger partial charge in [-0.3, -0.25) is 0 Å². The van der Waals surface area contributed by atoms with Gasteiger partial charge in [0.15, 0.2) is 0 Å². The van der Waals surface area contributed by atoms with Gasteiger partial charge in [-0.1, -0.05) is 61.7 Å². The van der Waals surface area contributed by atoms with E-state index in [0.717, 1.165) is 29.0 Å². The molecule has 31 heavy (non-hydrogen) atoms. The summed E-state index contributed by atoms with van der Waals surface area (Å²) in [6.45, 7) is 2.94. The lowest BCUT2D eigenvalue weighted by molar-refractivity contribution is -0.137. The number of esters is 1. The standard InChI is InChI=1S/C28H30O3/c1-2-30-28(29)17-13-21-12-16-27(31-20-22-8-4-3-5-9-22)26(18-21)25-15-14-23-10-6-7-11-24(23)19-25/h6-7,10-19,22H,2-5,8-9,20H2,1H3. The van der Waals surface area contributed by atoms with Gasteiger partial charge in [-0.15, -0.1) is 0 Å². The van der Waals surface area contributed by atoms with E-state index in [2.05, 4.69) is 48.5 Å². The van der Waals surface area contributed by atoms with Crippen LogP contribution in [0.5, 0.6) is 5.75 Å². The van der Waals surface area contributed by atoms with E-state index in [1.165, 1.54) is 49.0 Å². The largest absolute Gasteiger partial charge is 0.493 e. The topological polar surface area (TPSA) is 35.5 Å². The monoisotopic (exact) mass is 414 g/mol. The highest BCUT2D eigenvalue weighted by molar-refractivity contribution is 5.90. The molecule has 1 fully saturated rings. The van der Waals surface area contributed by atoms with Gasteiger partial charge in [0.25, 0.3) is 0 Å². The molecule has 0 aromatic heterocycles. The van der Waals surface area contributed by atoms with Crippen molar-refractivity contribution < 1.29 is 14.3 Å². The number of hydrogen-bond acceptors (Lipinski definition) is 3. The first-order chi connectivity index (χ1) is 15.2. The van der Waals surface area contributed by atoms with Gasteiger partial charge in [0.1, 0.15) is 5.75 Å². The highest BCUT2D eigenvalue weighted by Crippen LogP contribution is 2.34. The van der Waals surface area contributed by atoms with E-state index >= 15 is 0 Å². The summed E-state index contributed by atoms with van der Waals surface area (Å²) in [6.07, 6.45) is 9.75.